The summed E-state index contributed by atoms with van der Waals surface area (Å²) in [6, 6.07) is 0. The number of hydrogen-bond donors (Lipinski definition) is 0. The van der Waals surface area contributed by atoms with E-state index in [-0.39, 0.29) is 35.5 Å². The van der Waals surface area contributed by atoms with Gasteiger partial charge in [0.2, 0.25) is 5.28 Å². The summed E-state index contributed by atoms with van der Waals surface area (Å²) >= 11 is 7.78. The summed E-state index contributed by atoms with van der Waals surface area (Å²) in [6.07, 6.45) is -5.94. The van der Waals surface area contributed by atoms with Crippen molar-refractivity contribution < 1.29 is 52.3 Å². The summed E-state index contributed by atoms with van der Waals surface area (Å²) in [5.41, 5.74) is -2.55. The monoisotopic (exact) mass is 782 g/mol. The average Bonchev–Trinajstić information content (AvgIpc) is 3.68. The highest BCUT2D eigenvalue weighted by Gasteiger charge is 2.48. The maximum atomic E-state index is 13.5. The Morgan fingerprint density at radius 1 is 0.962 bits per heavy atom. The zero-order chi connectivity index (χ0) is 39.6. The normalized spacial score (nSPS) is 19.8. The summed E-state index contributed by atoms with van der Waals surface area (Å²) in [7, 11) is 0. The molecule has 3 aromatic heterocycles. The van der Waals surface area contributed by atoms with Crippen molar-refractivity contribution in [2.75, 3.05) is 18.1 Å². The quantitative estimate of drug-likeness (QED) is 0.121. The number of carbonyl (C=O) groups excluding carboxylic acids is 4. The number of rotatable bonds is 9. The lowest BCUT2D eigenvalue weighted by atomic mass is 10.0. The number of fused-ring (bicyclic) bond motifs is 1. The number of imidazole rings is 1. The molecule has 1 aliphatic rings. The van der Waals surface area contributed by atoms with Crippen molar-refractivity contribution in [3.63, 3.8) is 0 Å². The van der Waals surface area contributed by atoms with Crippen LogP contribution in [0.3, 0.4) is 0 Å². The van der Waals surface area contributed by atoms with Gasteiger partial charge >= 0.3 is 24.3 Å². The van der Waals surface area contributed by atoms with Gasteiger partial charge < -0.3 is 33.2 Å². The van der Waals surface area contributed by atoms with Crippen LogP contribution in [0.25, 0.3) is 11.2 Å². The second-order valence-electron chi connectivity index (χ2n) is 15.2. The zero-order valence-electron chi connectivity index (χ0n) is 31.9. The molecule has 0 spiro atoms. The van der Waals surface area contributed by atoms with E-state index in [0.29, 0.717) is 10.6 Å². The van der Waals surface area contributed by atoms with Crippen LogP contribution >= 0.6 is 22.9 Å². The molecule has 0 aromatic carbocycles. The van der Waals surface area contributed by atoms with Crippen molar-refractivity contribution in [1.82, 2.24) is 24.5 Å². The number of aryl methyl sites for hydroxylation is 1. The van der Waals surface area contributed by atoms with Crippen molar-refractivity contribution in [2.45, 2.75) is 124 Å². The van der Waals surface area contributed by atoms with Gasteiger partial charge in [0.15, 0.2) is 35.4 Å². The van der Waals surface area contributed by atoms with E-state index in [0.717, 1.165) is 5.01 Å². The third-order valence-corrected chi connectivity index (χ3v) is 8.13. The number of ether oxygens (including phenoxy) is 7. The van der Waals surface area contributed by atoms with Crippen LogP contribution in [0.4, 0.5) is 20.2 Å². The van der Waals surface area contributed by atoms with Gasteiger partial charge in [0.25, 0.3) is 0 Å². The molecule has 53 heavy (non-hydrogen) atoms. The van der Waals surface area contributed by atoms with Crippen LogP contribution in [0, 0.1) is 12.8 Å². The van der Waals surface area contributed by atoms with Crippen LogP contribution in [0.5, 0.6) is 0 Å². The van der Waals surface area contributed by atoms with Gasteiger partial charge in [-0.2, -0.15) is 14.9 Å². The predicted molar refractivity (Wildman–Crippen MR) is 192 cm³/mol. The summed E-state index contributed by atoms with van der Waals surface area (Å²) < 4.78 is 41.6. The van der Waals surface area contributed by atoms with Gasteiger partial charge in [-0.3, -0.25) is 4.57 Å². The molecule has 0 aliphatic carbocycles. The molecule has 4 heterocycles. The number of amides is 2. The molecule has 292 valence electrons. The Labute approximate surface area is 316 Å². The lowest BCUT2D eigenvalue weighted by Gasteiger charge is -2.28. The van der Waals surface area contributed by atoms with Crippen LogP contribution in [0.2, 0.25) is 5.28 Å². The molecule has 2 amide bonds. The van der Waals surface area contributed by atoms with Crippen molar-refractivity contribution in [3.8, 4) is 0 Å². The van der Waals surface area contributed by atoms with E-state index in [1.165, 1.54) is 22.2 Å². The Bertz CT molecular complexity index is 1780. The first-order valence-corrected chi connectivity index (χ1v) is 18.1. The third-order valence-electron chi connectivity index (χ3n) is 7.17. The van der Waals surface area contributed by atoms with Gasteiger partial charge in [0, 0.05) is 11.3 Å². The zero-order valence-corrected chi connectivity index (χ0v) is 33.5. The fourth-order valence-electron chi connectivity index (χ4n) is 5.08. The average molecular weight is 783 g/mol. The van der Waals surface area contributed by atoms with E-state index < -0.39 is 71.6 Å². The number of nitrogens with zero attached hydrogens (tertiary/aromatic N) is 6. The predicted octanol–water partition coefficient (Wildman–Crippen LogP) is 7.10. The molecule has 1 fully saturated rings. The summed E-state index contributed by atoms with van der Waals surface area (Å²) in [5.74, 6) is -1.52. The number of aromatic nitrogens is 5. The third kappa shape index (κ3) is 10.7. The molecule has 5 atom stereocenters. The second kappa shape index (κ2) is 16.1. The lowest BCUT2D eigenvalue weighted by molar-refractivity contribution is -0.161. The van der Waals surface area contributed by atoms with E-state index >= 15 is 0 Å². The molecular weight excluding hydrogens is 736 g/mol. The molecule has 1 unspecified atom stereocenters. The SMILES string of the molecule is CCOC(=O)C(OC[C@H]1O[C@@H](n2cnc3c(N(C(=O)OC(C)(C)C)C(=O)OC(C)(C)C)nc(Cl)nc32)[C@H](OC(=O)OC(C)(C)C)[C@@H]1C)c1csc(C)n1. The molecule has 19 heteroatoms. The number of halogens is 1. The number of anilines is 1. The topological polar surface area (TPSA) is 193 Å². The Morgan fingerprint density at radius 3 is 2.09 bits per heavy atom. The van der Waals surface area contributed by atoms with E-state index in [2.05, 4.69) is 19.9 Å². The molecule has 1 saturated heterocycles. The Morgan fingerprint density at radius 2 is 1.57 bits per heavy atom. The lowest BCUT2D eigenvalue weighted by Crippen LogP contribution is -2.44. The van der Waals surface area contributed by atoms with Crippen LogP contribution in [-0.2, 0) is 38.0 Å². The van der Waals surface area contributed by atoms with Gasteiger partial charge in [-0.15, -0.1) is 11.3 Å². The summed E-state index contributed by atoms with van der Waals surface area (Å²) in [6.45, 7) is 20.1. The molecule has 0 radical (unpaired) electrons. The fourth-order valence-corrected chi connectivity index (χ4v) is 5.87. The van der Waals surface area contributed by atoms with E-state index in [9.17, 15) is 19.2 Å². The smallest absolute Gasteiger partial charge is 0.464 e. The molecule has 0 N–H and O–H groups in total. The highest BCUT2D eigenvalue weighted by molar-refractivity contribution is 7.09. The Hall–Kier alpha value is -4.13. The molecule has 0 saturated carbocycles. The van der Waals surface area contributed by atoms with Crippen molar-refractivity contribution in [3.05, 3.63) is 27.7 Å². The van der Waals surface area contributed by atoms with Gasteiger partial charge in [0.1, 0.15) is 16.8 Å². The van der Waals surface area contributed by atoms with Crippen LogP contribution in [0.1, 0.15) is 99.2 Å². The van der Waals surface area contributed by atoms with Gasteiger partial charge in [-0.05, 0) is 87.8 Å². The second-order valence-corrected chi connectivity index (χ2v) is 16.6. The highest BCUT2D eigenvalue weighted by atomic mass is 35.5. The van der Waals surface area contributed by atoms with E-state index in [4.69, 9.17) is 44.8 Å². The minimum absolute atomic E-state index is 0.0102. The number of esters is 1. The van der Waals surface area contributed by atoms with Crippen molar-refractivity contribution in [2.24, 2.45) is 5.92 Å². The highest BCUT2D eigenvalue weighted by Crippen LogP contribution is 2.40. The molecule has 17 nitrogen and oxygen atoms in total. The minimum atomic E-state index is -1.14. The number of thiazole rings is 1. The minimum Gasteiger partial charge on any atom is -0.464 e. The summed E-state index contributed by atoms with van der Waals surface area (Å²) in [5, 5.41) is 2.08. The van der Waals surface area contributed by atoms with E-state index in [1.807, 2.05) is 0 Å². The van der Waals surface area contributed by atoms with Crippen LogP contribution in [0.15, 0.2) is 11.7 Å². The first-order chi connectivity index (χ1) is 24.5. The molecule has 0 bridgehead atoms. The number of imide groups is 1. The van der Waals surface area contributed by atoms with Gasteiger partial charge in [-0.1, -0.05) is 6.92 Å². The molecular formula is C34H47ClN6O11S. The van der Waals surface area contributed by atoms with Crippen LogP contribution in [-0.4, -0.2) is 91.0 Å². The van der Waals surface area contributed by atoms with Gasteiger partial charge in [0.05, 0.1) is 36.3 Å². The number of hydrogen-bond acceptors (Lipinski definition) is 16. The van der Waals surface area contributed by atoms with Crippen molar-refractivity contribution in [1.29, 1.82) is 0 Å². The number of carbonyl (C=O) groups is 4. The first kappa shape index (κ1) is 41.6. The standard InChI is InChI=1S/C34H47ClN6O11S/c1-13-46-27(42)23(19-15-53-18(3)37-19)47-14-20-17(2)22(49-31(45)52-34(10,11)12)26(48-20)40-16-36-21-24(40)38-28(35)39-25(21)41(29(43)50-32(4,5)6)30(44)51-33(7,8)9/h15-17,20,22-23,26H,13-14H2,1-12H3/t17-,20-,22-,23?,26-/m1/s1. The molecule has 4 rings (SSSR count). The van der Waals surface area contributed by atoms with Crippen molar-refractivity contribution >= 4 is 64.2 Å². The Balaban J connectivity index is 1.77. The van der Waals surface area contributed by atoms with E-state index in [1.54, 1.807) is 88.5 Å². The first-order valence-electron chi connectivity index (χ1n) is 16.9. The van der Waals surface area contributed by atoms with Crippen LogP contribution < -0.4 is 4.90 Å². The maximum absolute atomic E-state index is 13.5. The Kier molecular flexibility index (Phi) is 12.6. The maximum Gasteiger partial charge on any atom is 0.509 e. The largest absolute Gasteiger partial charge is 0.509 e. The summed E-state index contributed by atoms with van der Waals surface area (Å²) in [4.78, 5) is 71.0. The molecule has 3 aromatic rings. The van der Waals surface area contributed by atoms with Gasteiger partial charge in [-0.25, -0.2) is 29.1 Å². The molecule has 1 aliphatic heterocycles. The fraction of sp³-hybridized carbons (Fsp3) is 0.647.